The largest absolute Gasteiger partial charge is 0.316 e. The first kappa shape index (κ1) is 15.3. The normalized spacial score (nSPS) is 27.2. The summed E-state index contributed by atoms with van der Waals surface area (Å²) in [5, 5.41) is 3.51. The Hall–Kier alpha value is -0.130. The molecule has 4 nitrogen and oxygen atoms in total. The number of nitrogens with one attached hydrogen (secondary N) is 1. The van der Waals surface area contributed by atoms with Crippen molar-refractivity contribution in [3.05, 3.63) is 0 Å². The first-order chi connectivity index (χ1) is 9.05. The van der Waals surface area contributed by atoms with Gasteiger partial charge in [0.05, 0.1) is 11.5 Å². The van der Waals surface area contributed by atoms with Gasteiger partial charge in [0, 0.05) is 19.6 Å². The molecule has 1 N–H and O–H groups in total. The highest BCUT2D eigenvalue weighted by atomic mass is 32.2. The minimum Gasteiger partial charge on any atom is -0.316 e. The van der Waals surface area contributed by atoms with E-state index in [1.807, 2.05) is 0 Å². The SMILES string of the molecule is CCNCC1(CN2CCCS(=O)(=O)CC2)CCCC1. The zero-order valence-electron chi connectivity index (χ0n) is 12.2. The third-order valence-electron chi connectivity index (χ3n) is 4.62. The molecular formula is C14H28N2O2S. The van der Waals surface area contributed by atoms with E-state index in [0.717, 1.165) is 39.1 Å². The molecule has 1 saturated carbocycles. The molecule has 0 aromatic heterocycles. The number of rotatable bonds is 5. The third kappa shape index (κ3) is 4.43. The third-order valence-corrected chi connectivity index (χ3v) is 6.34. The van der Waals surface area contributed by atoms with Gasteiger partial charge in [-0.15, -0.1) is 0 Å². The van der Waals surface area contributed by atoms with Crippen LogP contribution in [0, 0.1) is 5.41 Å². The van der Waals surface area contributed by atoms with Crippen molar-refractivity contribution in [3.63, 3.8) is 0 Å². The van der Waals surface area contributed by atoms with Crippen molar-refractivity contribution in [2.24, 2.45) is 5.41 Å². The second kappa shape index (κ2) is 6.55. The zero-order chi connectivity index (χ0) is 13.8. The summed E-state index contributed by atoms with van der Waals surface area (Å²) >= 11 is 0. The molecule has 2 rings (SSSR count). The van der Waals surface area contributed by atoms with E-state index in [0.29, 0.717) is 16.9 Å². The molecule has 0 radical (unpaired) electrons. The van der Waals surface area contributed by atoms with Crippen LogP contribution in [0.25, 0.3) is 0 Å². The average molecular weight is 288 g/mol. The molecule has 112 valence electrons. The van der Waals surface area contributed by atoms with E-state index >= 15 is 0 Å². The van der Waals surface area contributed by atoms with Crippen molar-refractivity contribution in [1.82, 2.24) is 10.2 Å². The van der Waals surface area contributed by atoms with Crippen molar-refractivity contribution in [2.75, 3.05) is 44.2 Å². The van der Waals surface area contributed by atoms with E-state index in [1.165, 1.54) is 25.7 Å². The molecule has 1 heterocycles. The van der Waals surface area contributed by atoms with Crippen LogP contribution in [0.1, 0.15) is 39.0 Å². The fraction of sp³-hybridized carbons (Fsp3) is 1.00. The maximum atomic E-state index is 11.7. The topological polar surface area (TPSA) is 49.4 Å². The highest BCUT2D eigenvalue weighted by Gasteiger charge is 2.35. The fourth-order valence-electron chi connectivity index (χ4n) is 3.53. The van der Waals surface area contributed by atoms with Gasteiger partial charge in [0.25, 0.3) is 0 Å². The highest BCUT2D eigenvalue weighted by Crippen LogP contribution is 2.38. The van der Waals surface area contributed by atoms with Crippen LogP contribution < -0.4 is 5.32 Å². The quantitative estimate of drug-likeness (QED) is 0.828. The minimum absolute atomic E-state index is 0.351. The van der Waals surface area contributed by atoms with Crippen LogP contribution >= 0.6 is 0 Å². The molecule has 1 aliphatic heterocycles. The van der Waals surface area contributed by atoms with Gasteiger partial charge >= 0.3 is 0 Å². The summed E-state index contributed by atoms with van der Waals surface area (Å²) in [5.41, 5.74) is 0.393. The Labute approximate surface area is 117 Å². The van der Waals surface area contributed by atoms with Gasteiger partial charge < -0.3 is 10.2 Å². The maximum Gasteiger partial charge on any atom is 0.151 e. The molecule has 2 fully saturated rings. The Morgan fingerprint density at radius 2 is 1.84 bits per heavy atom. The summed E-state index contributed by atoms with van der Waals surface area (Å²) in [6.45, 7) is 7.03. The number of hydrogen-bond acceptors (Lipinski definition) is 4. The van der Waals surface area contributed by atoms with Crippen LogP contribution in [-0.2, 0) is 9.84 Å². The lowest BCUT2D eigenvalue weighted by Gasteiger charge is -2.35. The molecule has 0 spiro atoms. The molecule has 1 saturated heterocycles. The predicted molar refractivity (Wildman–Crippen MR) is 79.2 cm³/mol. The van der Waals surface area contributed by atoms with Crippen molar-refractivity contribution < 1.29 is 8.42 Å². The molecule has 5 heteroatoms. The molecule has 1 aliphatic carbocycles. The molecule has 0 amide bonds. The first-order valence-corrected chi connectivity index (χ1v) is 9.51. The van der Waals surface area contributed by atoms with Crippen LogP contribution in [0.3, 0.4) is 0 Å². The van der Waals surface area contributed by atoms with Gasteiger partial charge in [0.1, 0.15) is 0 Å². The molecule has 0 bridgehead atoms. The molecule has 0 unspecified atom stereocenters. The Morgan fingerprint density at radius 3 is 2.53 bits per heavy atom. The lowest BCUT2D eigenvalue weighted by atomic mass is 9.85. The lowest BCUT2D eigenvalue weighted by Crippen LogP contribution is -2.43. The first-order valence-electron chi connectivity index (χ1n) is 7.69. The molecule has 19 heavy (non-hydrogen) atoms. The minimum atomic E-state index is -2.78. The second-order valence-electron chi connectivity index (χ2n) is 6.27. The second-order valence-corrected chi connectivity index (χ2v) is 8.57. The van der Waals surface area contributed by atoms with Crippen LogP contribution in [-0.4, -0.2) is 57.5 Å². The van der Waals surface area contributed by atoms with Gasteiger partial charge in [-0.2, -0.15) is 0 Å². The van der Waals surface area contributed by atoms with E-state index in [2.05, 4.69) is 17.1 Å². The average Bonchev–Trinajstić information content (AvgIpc) is 2.75. The van der Waals surface area contributed by atoms with Crippen LogP contribution in [0.4, 0.5) is 0 Å². The van der Waals surface area contributed by atoms with Crippen molar-refractivity contribution >= 4 is 9.84 Å². The Bertz CT molecular complexity index is 375. The maximum absolute atomic E-state index is 11.7. The summed E-state index contributed by atoms with van der Waals surface area (Å²) in [6.07, 6.45) is 6.06. The standard InChI is InChI=1S/C14H28N2O2S/c1-2-15-12-14(6-3-4-7-14)13-16-8-5-10-19(17,18)11-9-16/h15H,2-13H2,1H3. The smallest absolute Gasteiger partial charge is 0.151 e. The highest BCUT2D eigenvalue weighted by molar-refractivity contribution is 7.91. The lowest BCUT2D eigenvalue weighted by molar-refractivity contribution is 0.157. The van der Waals surface area contributed by atoms with Gasteiger partial charge in [-0.1, -0.05) is 19.8 Å². The van der Waals surface area contributed by atoms with E-state index in [9.17, 15) is 8.42 Å². The Morgan fingerprint density at radius 1 is 1.11 bits per heavy atom. The van der Waals surface area contributed by atoms with E-state index in [1.54, 1.807) is 0 Å². The fourth-order valence-corrected chi connectivity index (χ4v) is 4.84. The van der Waals surface area contributed by atoms with Gasteiger partial charge in [-0.05, 0) is 37.8 Å². The summed E-state index contributed by atoms with van der Waals surface area (Å²) in [4.78, 5) is 2.40. The Balaban J connectivity index is 1.93. The summed E-state index contributed by atoms with van der Waals surface area (Å²) in [5.74, 6) is 0.730. The number of hydrogen-bond donors (Lipinski definition) is 1. The van der Waals surface area contributed by atoms with Crippen molar-refractivity contribution in [2.45, 2.75) is 39.0 Å². The number of nitrogens with zero attached hydrogens (tertiary/aromatic N) is 1. The van der Waals surface area contributed by atoms with E-state index < -0.39 is 9.84 Å². The summed E-state index contributed by atoms with van der Waals surface area (Å²) in [7, 11) is -2.78. The van der Waals surface area contributed by atoms with Crippen LogP contribution in [0.15, 0.2) is 0 Å². The molecule has 2 aliphatic rings. The molecule has 0 aromatic carbocycles. The van der Waals surface area contributed by atoms with Gasteiger partial charge in [0.15, 0.2) is 9.84 Å². The Kier molecular flexibility index (Phi) is 5.26. The molecule has 0 atom stereocenters. The van der Waals surface area contributed by atoms with Crippen LogP contribution in [0.2, 0.25) is 0 Å². The van der Waals surface area contributed by atoms with Gasteiger partial charge in [-0.3, -0.25) is 0 Å². The van der Waals surface area contributed by atoms with Crippen LogP contribution in [0.5, 0.6) is 0 Å². The van der Waals surface area contributed by atoms with Crippen molar-refractivity contribution in [3.8, 4) is 0 Å². The molecule has 0 aromatic rings. The zero-order valence-corrected chi connectivity index (χ0v) is 13.0. The predicted octanol–water partition coefficient (Wildman–Crippen LogP) is 1.28. The number of sulfone groups is 1. The van der Waals surface area contributed by atoms with E-state index in [4.69, 9.17) is 0 Å². The van der Waals surface area contributed by atoms with Gasteiger partial charge in [0.2, 0.25) is 0 Å². The summed E-state index contributed by atoms with van der Waals surface area (Å²) in [6, 6.07) is 0. The van der Waals surface area contributed by atoms with Gasteiger partial charge in [-0.25, -0.2) is 8.42 Å². The van der Waals surface area contributed by atoms with E-state index in [-0.39, 0.29) is 0 Å². The molecular weight excluding hydrogens is 260 g/mol. The van der Waals surface area contributed by atoms with Crippen molar-refractivity contribution in [1.29, 1.82) is 0 Å². The monoisotopic (exact) mass is 288 g/mol. The summed E-state index contributed by atoms with van der Waals surface area (Å²) < 4.78 is 23.3.